The van der Waals surface area contributed by atoms with Crippen molar-refractivity contribution in [2.24, 2.45) is 5.92 Å². The third-order valence-corrected chi connectivity index (χ3v) is 7.43. The van der Waals surface area contributed by atoms with Crippen LogP contribution in [-0.4, -0.2) is 35.9 Å². The Morgan fingerprint density at radius 3 is 2.79 bits per heavy atom. The number of benzene rings is 2. The molecule has 1 unspecified atom stereocenters. The van der Waals surface area contributed by atoms with Gasteiger partial charge >= 0.3 is 5.69 Å². The van der Waals surface area contributed by atoms with Gasteiger partial charge in [-0.3, -0.25) is 9.36 Å². The van der Waals surface area contributed by atoms with Gasteiger partial charge in [0, 0.05) is 24.1 Å². The molecule has 7 nitrogen and oxygen atoms in total. The average Bonchev–Trinajstić information content (AvgIpc) is 3.24. The van der Waals surface area contributed by atoms with Crippen molar-refractivity contribution in [3.8, 4) is 11.5 Å². The van der Waals surface area contributed by atoms with Crippen LogP contribution in [0.4, 0.5) is 0 Å². The predicted octanol–water partition coefficient (Wildman–Crippen LogP) is 3.11. The topological polar surface area (TPSA) is 85.3 Å². The largest absolute Gasteiger partial charge is 0.496 e. The third-order valence-electron chi connectivity index (χ3n) is 7.43. The minimum Gasteiger partial charge on any atom is -0.496 e. The lowest BCUT2D eigenvalue weighted by Crippen LogP contribution is -2.38. The van der Waals surface area contributed by atoms with E-state index in [1.165, 1.54) is 15.7 Å². The summed E-state index contributed by atoms with van der Waals surface area (Å²) in [6.07, 6.45) is 2.86. The van der Waals surface area contributed by atoms with Crippen molar-refractivity contribution in [1.82, 2.24) is 14.9 Å². The van der Waals surface area contributed by atoms with Gasteiger partial charge in [-0.15, -0.1) is 0 Å². The Morgan fingerprint density at radius 2 is 2.00 bits per heavy atom. The number of aromatic nitrogens is 2. The average molecular weight is 450 g/mol. The van der Waals surface area contributed by atoms with Crippen LogP contribution in [0.25, 0.3) is 10.9 Å². The quantitative estimate of drug-likeness (QED) is 0.604. The maximum atomic E-state index is 13.2. The van der Waals surface area contributed by atoms with Crippen molar-refractivity contribution in [3.05, 3.63) is 67.9 Å². The molecule has 3 aromatic rings. The highest BCUT2D eigenvalue weighted by molar-refractivity contribution is 5.82. The van der Waals surface area contributed by atoms with Crippen LogP contribution < -0.4 is 26.0 Å². The molecule has 2 N–H and O–H groups in total. The maximum absolute atomic E-state index is 13.2. The second kappa shape index (κ2) is 8.71. The molecule has 0 bridgehead atoms. The van der Waals surface area contributed by atoms with E-state index in [0.717, 1.165) is 30.7 Å². The molecule has 3 atom stereocenters. The van der Waals surface area contributed by atoms with Crippen LogP contribution in [0.3, 0.4) is 0 Å². The highest BCUT2D eigenvalue weighted by Crippen LogP contribution is 2.45. The molecule has 2 heterocycles. The van der Waals surface area contributed by atoms with Crippen molar-refractivity contribution in [3.63, 3.8) is 0 Å². The highest BCUT2D eigenvalue weighted by Gasteiger charge is 2.40. The van der Waals surface area contributed by atoms with Crippen molar-refractivity contribution in [2.45, 2.75) is 51.6 Å². The van der Waals surface area contributed by atoms with E-state index in [2.05, 4.69) is 22.4 Å². The Morgan fingerprint density at radius 1 is 1.15 bits per heavy atom. The van der Waals surface area contributed by atoms with Gasteiger partial charge in [0.25, 0.3) is 5.56 Å². The predicted molar refractivity (Wildman–Crippen MR) is 129 cm³/mol. The number of nitrogens with zero attached hydrogens (tertiary/aromatic N) is 1. The van der Waals surface area contributed by atoms with Crippen LogP contribution in [0.1, 0.15) is 42.4 Å². The molecule has 1 saturated heterocycles. The van der Waals surface area contributed by atoms with E-state index >= 15 is 0 Å². The zero-order valence-electron chi connectivity index (χ0n) is 19.4. The van der Waals surface area contributed by atoms with Gasteiger partial charge in [-0.05, 0) is 74.9 Å². The van der Waals surface area contributed by atoms with Gasteiger partial charge in [-0.2, -0.15) is 0 Å². The molecule has 1 fully saturated rings. The fourth-order valence-electron chi connectivity index (χ4n) is 5.83. The summed E-state index contributed by atoms with van der Waals surface area (Å²) in [7, 11) is 1.73. The summed E-state index contributed by atoms with van der Waals surface area (Å²) in [5.74, 6) is 2.59. The highest BCUT2D eigenvalue weighted by atomic mass is 16.5. The molecule has 2 aromatic carbocycles. The molecule has 7 heteroatoms. The van der Waals surface area contributed by atoms with Gasteiger partial charge < -0.3 is 19.8 Å². The molecule has 0 saturated carbocycles. The third kappa shape index (κ3) is 3.64. The second-order valence-corrected chi connectivity index (χ2v) is 9.09. The van der Waals surface area contributed by atoms with Crippen LogP contribution >= 0.6 is 0 Å². The summed E-state index contributed by atoms with van der Waals surface area (Å²) in [5.41, 5.74) is 3.36. The number of methoxy groups -OCH3 is 1. The first-order chi connectivity index (χ1) is 16.0. The van der Waals surface area contributed by atoms with Gasteiger partial charge in [0.1, 0.15) is 11.5 Å². The molecular weight excluding hydrogens is 418 g/mol. The number of hydrogen-bond donors (Lipinski definition) is 2. The monoisotopic (exact) mass is 449 g/mol. The van der Waals surface area contributed by atoms with Gasteiger partial charge in [0.15, 0.2) is 0 Å². The lowest BCUT2D eigenvalue weighted by molar-refractivity contribution is 0.338. The van der Waals surface area contributed by atoms with Crippen molar-refractivity contribution in [2.75, 3.05) is 20.3 Å². The minimum atomic E-state index is -0.371. The Labute approximate surface area is 192 Å². The summed E-state index contributed by atoms with van der Waals surface area (Å²) in [4.78, 5) is 29.0. The minimum absolute atomic E-state index is 0.213. The number of ether oxygens (including phenoxy) is 2. The lowest BCUT2D eigenvalue weighted by Gasteiger charge is -2.32. The second-order valence-electron chi connectivity index (χ2n) is 9.09. The zero-order chi connectivity index (χ0) is 23.1. The molecule has 1 aliphatic carbocycles. The molecule has 174 valence electrons. The molecule has 0 spiro atoms. The summed E-state index contributed by atoms with van der Waals surface area (Å²) in [6, 6.07) is 10.1. The molecule has 5 rings (SSSR count). The molecule has 1 aromatic heterocycles. The van der Waals surface area contributed by atoms with Crippen LogP contribution in [-0.2, 0) is 13.0 Å². The molecule has 2 aliphatic rings. The van der Waals surface area contributed by atoms with E-state index < -0.39 is 0 Å². The SMILES string of the molecule is CCOc1ccc2c(=O)n(CCC3NC[C@@H]4CCc5c(OC)cccc5[C@H]34)c(=O)[nH]c2c1C. The number of fused-ring (bicyclic) bond motifs is 4. The van der Waals surface area contributed by atoms with E-state index in [1.807, 2.05) is 19.9 Å². The van der Waals surface area contributed by atoms with E-state index in [0.29, 0.717) is 48.1 Å². The van der Waals surface area contributed by atoms with E-state index in [4.69, 9.17) is 9.47 Å². The van der Waals surface area contributed by atoms with Crippen LogP contribution in [0.5, 0.6) is 11.5 Å². The Bertz CT molecular complexity index is 1310. The van der Waals surface area contributed by atoms with Crippen LogP contribution in [0, 0.1) is 12.8 Å². The molecule has 0 amide bonds. The number of aryl methyl sites for hydroxylation is 1. The first-order valence-corrected chi connectivity index (χ1v) is 11.8. The van der Waals surface area contributed by atoms with E-state index in [-0.39, 0.29) is 17.3 Å². The van der Waals surface area contributed by atoms with Gasteiger partial charge in [-0.25, -0.2) is 4.79 Å². The number of aromatic amines is 1. The number of hydrogen-bond acceptors (Lipinski definition) is 5. The summed E-state index contributed by atoms with van der Waals surface area (Å²) in [5, 5.41) is 4.18. The smallest absolute Gasteiger partial charge is 0.328 e. The van der Waals surface area contributed by atoms with Crippen LogP contribution in [0.15, 0.2) is 39.9 Å². The molecule has 1 aliphatic heterocycles. The Balaban J connectivity index is 1.44. The molecule has 33 heavy (non-hydrogen) atoms. The van der Waals surface area contributed by atoms with Crippen molar-refractivity contribution in [1.29, 1.82) is 0 Å². The number of nitrogens with one attached hydrogen (secondary N) is 2. The molecule has 0 radical (unpaired) electrons. The van der Waals surface area contributed by atoms with E-state index in [9.17, 15) is 9.59 Å². The number of H-pyrrole nitrogens is 1. The summed E-state index contributed by atoms with van der Waals surface area (Å²) in [6.45, 7) is 5.64. The van der Waals surface area contributed by atoms with Crippen LogP contribution in [0.2, 0.25) is 0 Å². The Hall–Kier alpha value is -3.06. The first-order valence-electron chi connectivity index (χ1n) is 11.8. The Kier molecular flexibility index (Phi) is 5.74. The van der Waals surface area contributed by atoms with E-state index in [1.54, 1.807) is 19.2 Å². The van der Waals surface area contributed by atoms with Gasteiger partial charge in [-0.1, -0.05) is 12.1 Å². The fourth-order valence-corrected chi connectivity index (χ4v) is 5.83. The first kappa shape index (κ1) is 21.8. The normalized spacial score (nSPS) is 21.6. The van der Waals surface area contributed by atoms with Crippen molar-refractivity contribution >= 4 is 10.9 Å². The van der Waals surface area contributed by atoms with Gasteiger partial charge in [0.05, 0.1) is 24.6 Å². The summed E-state index contributed by atoms with van der Waals surface area (Å²) >= 11 is 0. The van der Waals surface area contributed by atoms with Crippen molar-refractivity contribution < 1.29 is 9.47 Å². The standard InChI is InChI=1S/C26H31N3O4/c1-4-33-21-11-10-19-24(15(21)2)28-26(31)29(25(19)30)13-12-20-23-16(14-27-20)8-9-17-18(23)6-5-7-22(17)32-3/h5-7,10-11,16,20,23,27H,4,8-9,12-14H2,1-3H3,(H,28,31)/t16-,20?,23+/m0/s1. The number of rotatable bonds is 6. The lowest BCUT2D eigenvalue weighted by atomic mass is 9.73. The summed E-state index contributed by atoms with van der Waals surface area (Å²) < 4.78 is 12.6. The fraction of sp³-hybridized carbons (Fsp3) is 0.462. The zero-order valence-corrected chi connectivity index (χ0v) is 19.4. The molecular formula is C26H31N3O4. The maximum Gasteiger partial charge on any atom is 0.328 e. The van der Waals surface area contributed by atoms with Gasteiger partial charge in [0.2, 0.25) is 0 Å².